The molecule has 20 heavy (non-hydrogen) atoms. The summed E-state index contributed by atoms with van der Waals surface area (Å²) in [6.07, 6.45) is 0.712. The predicted octanol–water partition coefficient (Wildman–Crippen LogP) is 0.662. The van der Waals surface area contributed by atoms with Crippen molar-refractivity contribution >= 4 is 17.5 Å². The Bertz CT molecular complexity index is 514. The van der Waals surface area contributed by atoms with Crippen LogP contribution >= 0.6 is 0 Å². The molecule has 0 aliphatic carbocycles. The second-order valence-electron chi connectivity index (χ2n) is 5.39. The van der Waals surface area contributed by atoms with E-state index >= 15 is 0 Å². The number of carbonyl (C=O) groups is 2. The molecule has 0 spiro atoms. The largest absolute Gasteiger partial charge is 0.396 e. The molecular weight excluding hydrogens is 256 g/mol. The van der Waals surface area contributed by atoms with Gasteiger partial charge in [0.2, 0.25) is 11.8 Å². The molecule has 0 saturated carbocycles. The summed E-state index contributed by atoms with van der Waals surface area (Å²) in [5.74, 6) is 0.0674. The molecule has 1 atom stereocenters. The van der Waals surface area contributed by atoms with Crippen molar-refractivity contribution in [3.63, 3.8) is 0 Å². The zero-order chi connectivity index (χ0) is 14.7. The molecule has 0 aromatic heterocycles. The molecule has 108 valence electrons. The Morgan fingerprint density at radius 1 is 1.45 bits per heavy atom. The zero-order valence-electron chi connectivity index (χ0n) is 11.9. The van der Waals surface area contributed by atoms with Crippen LogP contribution in [-0.4, -0.2) is 49.1 Å². The summed E-state index contributed by atoms with van der Waals surface area (Å²) in [6, 6.07) is 7.47. The molecule has 1 heterocycles. The fraction of sp³-hybridized carbons (Fsp3) is 0.467. The first-order chi connectivity index (χ1) is 9.51. The molecule has 1 aliphatic heterocycles. The quantitative estimate of drug-likeness (QED) is 0.879. The topological polar surface area (TPSA) is 60.9 Å². The van der Waals surface area contributed by atoms with Crippen LogP contribution in [0.1, 0.15) is 12.0 Å². The molecule has 0 radical (unpaired) electrons. The Labute approximate surface area is 118 Å². The number of aliphatic hydroxyl groups is 1. The Morgan fingerprint density at radius 3 is 2.80 bits per heavy atom. The Balaban J connectivity index is 2.14. The molecule has 2 amide bonds. The molecule has 1 aromatic carbocycles. The SMILES string of the molecule is CN(C)C(=O)Cc1cccc(N2CC(CO)CC2=O)c1. The van der Waals surface area contributed by atoms with Gasteiger partial charge in [-0.3, -0.25) is 9.59 Å². The van der Waals surface area contributed by atoms with Gasteiger partial charge < -0.3 is 14.9 Å². The van der Waals surface area contributed by atoms with Gasteiger partial charge in [0.25, 0.3) is 0 Å². The minimum Gasteiger partial charge on any atom is -0.396 e. The van der Waals surface area contributed by atoms with Gasteiger partial charge >= 0.3 is 0 Å². The fourth-order valence-electron chi connectivity index (χ4n) is 2.32. The molecule has 1 aliphatic rings. The number of amides is 2. The standard InChI is InChI=1S/C15H20N2O3/c1-16(2)14(19)7-11-4-3-5-13(6-11)17-9-12(10-18)8-15(17)20/h3-6,12,18H,7-10H2,1-2H3. The first kappa shape index (κ1) is 14.5. The van der Waals surface area contributed by atoms with Gasteiger partial charge in [-0.25, -0.2) is 0 Å². The number of benzene rings is 1. The van der Waals surface area contributed by atoms with Gasteiger partial charge in [0.05, 0.1) is 6.42 Å². The molecule has 5 nitrogen and oxygen atoms in total. The van der Waals surface area contributed by atoms with Crippen molar-refractivity contribution in [2.24, 2.45) is 5.92 Å². The maximum atomic E-state index is 11.9. The molecule has 1 aromatic rings. The van der Waals surface area contributed by atoms with E-state index in [0.29, 0.717) is 19.4 Å². The van der Waals surface area contributed by atoms with Crippen molar-refractivity contribution in [2.45, 2.75) is 12.8 Å². The zero-order valence-corrected chi connectivity index (χ0v) is 11.9. The lowest BCUT2D eigenvalue weighted by molar-refractivity contribution is -0.128. The van der Waals surface area contributed by atoms with Crippen LogP contribution in [0.5, 0.6) is 0 Å². The third-order valence-electron chi connectivity index (χ3n) is 3.54. The number of likely N-dealkylation sites (N-methyl/N-ethyl adjacent to an activating group) is 1. The summed E-state index contributed by atoms with van der Waals surface area (Å²) < 4.78 is 0. The van der Waals surface area contributed by atoms with Crippen LogP contribution in [0.25, 0.3) is 0 Å². The summed E-state index contributed by atoms with van der Waals surface area (Å²) in [7, 11) is 3.45. The van der Waals surface area contributed by atoms with Gasteiger partial charge in [-0.05, 0) is 17.7 Å². The molecule has 1 saturated heterocycles. The van der Waals surface area contributed by atoms with Crippen LogP contribution in [0.3, 0.4) is 0 Å². The minimum atomic E-state index is 0.00885. The fourth-order valence-corrected chi connectivity index (χ4v) is 2.32. The lowest BCUT2D eigenvalue weighted by Gasteiger charge is -2.18. The molecule has 1 unspecified atom stereocenters. The van der Waals surface area contributed by atoms with E-state index in [1.54, 1.807) is 23.9 Å². The number of hydrogen-bond donors (Lipinski definition) is 1. The van der Waals surface area contributed by atoms with E-state index in [9.17, 15) is 9.59 Å². The van der Waals surface area contributed by atoms with Crippen molar-refractivity contribution < 1.29 is 14.7 Å². The smallest absolute Gasteiger partial charge is 0.227 e. The van der Waals surface area contributed by atoms with E-state index in [-0.39, 0.29) is 24.3 Å². The maximum absolute atomic E-state index is 11.9. The number of anilines is 1. The van der Waals surface area contributed by atoms with Crippen LogP contribution in [0.4, 0.5) is 5.69 Å². The molecule has 1 fully saturated rings. The number of nitrogens with zero attached hydrogens (tertiary/aromatic N) is 2. The lowest BCUT2D eigenvalue weighted by Crippen LogP contribution is -2.26. The van der Waals surface area contributed by atoms with Gasteiger partial charge in [-0.2, -0.15) is 0 Å². The molecule has 0 bridgehead atoms. The summed E-state index contributed by atoms with van der Waals surface area (Å²) in [6.45, 7) is 0.571. The first-order valence-electron chi connectivity index (χ1n) is 6.71. The number of rotatable bonds is 4. The third kappa shape index (κ3) is 3.17. The van der Waals surface area contributed by atoms with Gasteiger partial charge in [-0.15, -0.1) is 0 Å². The third-order valence-corrected chi connectivity index (χ3v) is 3.54. The van der Waals surface area contributed by atoms with Gasteiger partial charge in [0.15, 0.2) is 0 Å². The van der Waals surface area contributed by atoms with Crippen molar-refractivity contribution in [1.82, 2.24) is 4.90 Å². The monoisotopic (exact) mass is 276 g/mol. The Kier molecular flexibility index (Phi) is 4.39. The van der Waals surface area contributed by atoms with E-state index in [1.165, 1.54) is 0 Å². The van der Waals surface area contributed by atoms with E-state index in [0.717, 1.165) is 11.3 Å². The highest BCUT2D eigenvalue weighted by atomic mass is 16.3. The van der Waals surface area contributed by atoms with Crippen LogP contribution < -0.4 is 4.90 Å². The number of carbonyl (C=O) groups excluding carboxylic acids is 2. The summed E-state index contributed by atoms with van der Waals surface area (Å²) in [4.78, 5) is 26.9. The first-order valence-corrected chi connectivity index (χ1v) is 6.71. The van der Waals surface area contributed by atoms with Crippen molar-refractivity contribution in [1.29, 1.82) is 0 Å². The van der Waals surface area contributed by atoms with Crippen LogP contribution in [0.15, 0.2) is 24.3 Å². The highest BCUT2D eigenvalue weighted by Crippen LogP contribution is 2.25. The summed E-state index contributed by atoms with van der Waals surface area (Å²) in [5.41, 5.74) is 1.69. The predicted molar refractivity (Wildman–Crippen MR) is 76.4 cm³/mol. The second-order valence-corrected chi connectivity index (χ2v) is 5.39. The van der Waals surface area contributed by atoms with E-state index in [4.69, 9.17) is 5.11 Å². The van der Waals surface area contributed by atoms with Gasteiger partial charge in [0, 0.05) is 45.3 Å². The highest BCUT2D eigenvalue weighted by Gasteiger charge is 2.30. The molecule has 5 heteroatoms. The van der Waals surface area contributed by atoms with Crippen LogP contribution in [-0.2, 0) is 16.0 Å². The van der Waals surface area contributed by atoms with Crippen LogP contribution in [0.2, 0.25) is 0 Å². The van der Waals surface area contributed by atoms with E-state index in [2.05, 4.69) is 0 Å². The summed E-state index contributed by atoms with van der Waals surface area (Å²) >= 11 is 0. The normalized spacial score (nSPS) is 18.4. The maximum Gasteiger partial charge on any atom is 0.227 e. The van der Waals surface area contributed by atoms with Gasteiger partial charge in [-0.1, -0.05) is 12.1 Å². The van der Waals surface area contributed by atoms with E-state index < -0.39 is 0 Å². The molecular formula is C15H20N2O3. The Morgan fingerprint density at radius 2 is 2.20 bits per heavy atom. The number of aliphatic hydroxyl groups excluding tert-OH is 1. The Hall–Kier alpha value is -1.88. The average Bonchev–Trinajstić information content (AvgIpc) is 2.80. The summed E-state index contributed by atoms with van der Waals surface area (Å²) in [5, 5.41) is 9.15. The minimum absolute atomic E-state index is 0.00885. The average molecular weight is 276 g/mol. The highest BCUT2D eigenvalue weighted by molar-refractivity contribution is 5.95. The molecule has 1 N–H and O–H groups in total. The lowest BCUT2D eigenvalue weighted by atomic mass is 10.1. The van der Waals surface area contributed by atoms with Crippen molar-refractivity contribution in [3.05, 3.63) is 29.8 Å². The second kappa shape index (κ2) is 6.05. The van der Waals surface area contributed by atoms with Crippen molar-refractivity contribution in [3.8, 4) is 0 Å². The number of hydrogen-bond acceptors (Lipinski definition) is 3. The van der Waals surface area contributed by atoms with Gasteiger partial charge in [0.1, 0.15) is 0 Å². The van der Waals surface area contributed by atoms with E-state index in [1.807, 2.05) is 24.3 Å². The molecule has 2 rings (SSSR count). The van der Waals surface area contributed by atoms with Crippen LogP contribution in [0, 0.1) is 5.92 Å². The van der Waals surface area contributed by atoms with Crippen molar-refractivity contribution in [2.75, 3.05) is 32.1 Å².